The van der Waals surface area contributed by atoms with Gasteiger partial charge in [0.05, 0.1) is 4.88 Å². The van der Waals surface area contributed by atoms with Crippen molar-refractivity contribution >= 4 is 29.2 Å². The van der Waals surface area contributed by atoms with Crippen molar-refractivity contribution in [1.29, 1.82) is 0 Å². The van der Waals surface area contributed by atoms with Crippen LogP contribution >= 0.6 is 11.3 Å². The molecule has 8 heteroatoms. The minimum Gasteiger partial charge on any atom is -0.445 e. The second-order valence-corrected chi connectivity index (χ2v) is 9.43. The molecular formula is C26H29N3O4S. The van der Waals surface area contributed by atoms with Gasteiger partial charge in [0.15, 0.2) is 0 Å². The van der Waals surface area contributed by atoms with Crippen molar-refractivity contribution in [2.75, 3.05) is 0 Å². The molecule has 1 atom stereocenters. The molecule has 3 N–H and O–H groups in total. The summed E-state index contributed by atoms with van der Waals surface area (Å²) in [4.78, 5) is 39.0. The largest absolute Gasteiger partial charge is 0.445 e. The summed E-state index contributed by atoms with van der Waals surface area (Å²) in [6.45, 7) is 3.98. The van der Waals surface area contributed by atoms with Gasteiger partial charge in [0.1, 0.15) is 12.6 Å². The van der Waals surface area contributed by atoms with E-state index in [9.17, 15) is 14.4 Å². The summed E-state index contributed by atoms with van der Waals surface area (Å²) >= 11 is 1.37. The second-order valence-electron chi connectivity index (χ2n) is 8.26. The van der Waals surface area contributed by atoms with E-state index in [0.29, 0.717) is 11.3 Å². The molecule has 0 fully saturated rings. The highest BCUT2D eigenvalue weighted by molar-refractivity contribution is 7.14. The number of benzene rings is 2. The van der Waals surface area contributed by atoms with Gasteiger partial charge in [-0.05, 0) is 35.6 Å². The van der Waals surface area contributed by atoms with Crippen molar-refractivity contribution in [3.8, 4) is 0 Å². The first kappa shape index (κ1) is 25.0. The minimum absolute atomic E-state index is 0.100. The highest BCUT2D eigenvalue weighted by Gasteiger charge is 2.23. The summed E-state index contributed by atoms with van der Waals surface area (Å²) < 4.78 is 5.22. The van der Waals surface area contributed by atoms with E-state index in [1.54, 1.807) is 6.07 Å². The lowest BCUT2D eigenvalue weighted by molar-refractivity contribution is -0.124. The molecule has 0 bridgehead atoms. The van der Waals surface area contributed by atoms with E-state index in [-0.39, 0.29) is 12.5 Å². The van der Waals surface area contributed by atoms with E-state index in [4.69, 9.17) is 4.74 Å². The molecule has 178 valence electrons. The van der Waals surface area contributed by atoms with Crippen molar-refractivity contribution in [3.05, 3.63) is 93.7 Å². The number of hydrogen-bond acceptors (Lipinski definition) is 5. The standard InChI is InChI=1S/C26H29N3O4S/c1-18(2)15-22(27-26(32)33-17-20-11-7-4-8-12-20)24(30)28-29-25(31)23-14-13-21(34-23)16-19-9-5-3-6-10-19/h3-14,18,22H,15-17H2,1-2H3,(H,27,32)(H,28,30)(H,29,31)/t22-/m0/s1. The van der Waals surface area contributed by atoms with E-state index in [1.165, 1.54) is 11.3 Å². The lowest BCUT2D eigenvalue weighted by Crippen LogP contribution is -2.52. The SMILES string of the molecule is CC(C)C[C@H](NC(=O)OCc1ccccc1)C(=O)NNC(=O)c1ccc(Cc2ccccc2)s1. The fourth-order valence-electron chi connectivity index (χ4n) is 3.27. The van der Waals surface area contributed by atoms with Gasteiger partial charge in [0.25, 0.3) is 11.8 Å². The van der Waals surface area contributed by atoms with Crippen LogP contribution in [0.25, 0.3) is 0 Å². The number of hydrogen-bond donors (Lipinski definition) is 3. The Bertz CT molecular complexity index is 1080. The lowest BCUT2D eigenvalue weighted by Gasteiger charge is -2.20. The Hall–Kier alpha value is -3.65. The zero-order valence-electron chi connectivity index (χ0n) is 19.2. The summed E-state index contributed by atoms with van der Waals surface area (Å²) in [5.74, 6) is -0.786. The summed E-state index contributed by atoms with van der Waals surface area (Å²) in [6, 6.07) is 22.0. The van der Waals surface area contributed by atoms with Crippen LogP contribution in [0.3, 0.4) is 0 Å². The van der Waals surface area contributed by atoms with Crippen molar-refractivity contribution in [2.45, 2.75) is 39.3 Å². The number of amides is 3. The molecule has 3 amide bonds. The third kappa shape index (κ3) is 8.04. The van der Waals surface area contributed by atoms with Gasteiger partial charge in [0.2, 0.25) is 0 Å². The first-order chi connectivity index (χ1) is 16.4. The molecule has 1 heterocycles. The van der Waals surface area contributed by atoms with Crippen molar-refractivity contribution in [2.24, 2.45) is 5.92 Å². The summed E-state index contributed by atoms with van der Waals surface area (Å²) in [5, 5.41) is 2.59. The molecular weight excluding hydrogens is 450 g/mol. The topological polar surface area (TPSA) is 96.5 Å². The molecule has 0 saturated carbocycles. The van der Waals surface area contributed by atoms with Gasteiger partial charge in [-0.2, -0.15) is 0 Å². The average molecular weight is 480 g/mol. The van der Waals surface area contributed by atoms with Gasteiger partial charge < -0.3 is 10.1 Å². The molecule has 3 aromatic rings. The zero-order valence-corrected chi connectivity index (χ0v) is 20.1. The summed E-state index contributed by atoms with van der Waals surface area (Å²) in [5.41, 5.74) is 6.87. The van der Waals surface area contributed by atoms with Crippen molar-refractivity contribution in [3.63, 3.8) is 0 Å². The number of carbonyl (C=O) groups is 3. The molecule has 34 heavy (non-hydrogen) atoms. The van der Waals surface area contributed by atoms with Gasteiger partial charge in [-0.3, -0.25) is 20.4 Å². The fourth-order valence-corrected chi connectivity index (χ4v) is 4.21. The first-order valence-corrected chi connectivity index (χ1v) is 11.9. The van der Waals surface area contributed by atoms with Crippen LogP contribution in [-0.2, 0) is 22.6 Å². The Kier molecular flexibility index (Phi) is 9.22. The Morgan fingerprint density at radius 2 is 1.50 bits per heavy atom. The molecule has 0 aliphatic rings. The maximum atomic E-state index is 12.7. The minimum atomic E-state index is -0.847. The van der Waals surface area contributed by atoms with Gasteiger partial charge in [-0.25, -0.2) is 4.79 Å². The summed E-state index contributed by atoms with van der Waals surface area (Å²) in [7, 11) is 0. The van der Waals surface area contributed by atoms with Gasteiger partial charge in [0, 0.05) is 11.3 Å². The van der Waals surface area contributed by atoms with Gasteiger partial charge in [-0.15, -0.1) is 11.3 Å². The number of nitrogens with one attached hydrogen (secondary N) is 3. The number of hydrazine groups is 1. The number of rotatable bonds is 9. The van der Waals surface area contributed by atoms with Gasteiger partial charge >= 0.3 is 6.09 Å². The maximum Gasteiger partial charge on any atom is 0.408 e. The number of carbonyl (C=O) groups excluding carboxylic acids is 3. The Morgan fingerprint density at radius 3 is 2.15 bits per heavy atom. The second kappa shape index (κ2) is 12.6. The van der Waals surface area contributed by atoms with Crippen molar-refractivity contribution in [1.82, 2.24) is 16.2 Å². The molecule has 7 nitrogen and oxygen atoms in total. The van der Waals surface area contributed by atoms with Crippen LogP contribution in [-0.4, -0.2) is 23.9 Å². The monoisotopic (exact) mass is 479 g/mol. The molecule has 2 aromatic carbocycles. The molecule has 0 aliphatic carbocycles. The van der Waals surface area contributed by atoms with E-state index in [1.807, 2.05) is 80.6 Å². The Balaban J connectivity index is 1.50. The zero-order chi connectivity index (χ0) is 24.3. The van der Waals surface area contributed by atoms with Crippen LogP contribution in [0.4, 0.5) is 4.79 Å². The number of thiophene rings is 1. The van der Waals surface area contributed by atoms with Crippen LogP contribution in [0.1, 0.15) is 45.9 Å². The van der Waals surface area contributed by atoms with E-state index in [0.717, 1.165) is 22.4 Å². The van der Waals surface area contributed by atoms with Crippen LogP contribution in [0, 0.1) is 5.92 Å². The average Bonchev–Trinajstić information content (AvgIpc) is 3.30. The lowest BCUT2D eigenvalue weighted by atomic mass is 10.0. The number of alkyl carbamates (subject to hydrolysis) is 1. The summed E-state index contributed by atoms with van der Waals surface area (Å²) in [6.07, 6.45) is 0.429. The van der Waals surface area contributed by atoms with E-state index < -0.39 is 23.9 Å². The normalized spacial score (nSPS) is 11.5. The van der Waals surface area contributed by atoms with Crippen LogP contribution in [0.2, 0.25) is 0 Å². The third-order valence-corrected chi connectivity index (χ3v) is 6.02. The van der Waals surface area contributed by atoms with E-state index in [2.05, 4.69) is 16.2 Å². The van der Waals surface area contributed by atoms with Crippen LogP contribution < -0.4 is 16.2 Å². The predicted octanol–water partition coefficient (Wildman–Crippen LogP) is 4.44. The Morgan fingerprint density at radius 1 is 0.853 bits per heavy atom. The fraction of sp³-hybridized carbons (Fsp3) is 0.269. The molecule has 3 rings (SSSR count). The number of ether oxygens (including phenoxy) is 1. The molecule has 0 aliphatic heterocycles. The predicted molar refractivity (Wildman–Crippen MR) is 132 cm³/mol. The van der Waals surface area contributed by atoms with Crippen LogP contribution in [0.15, 0.2) is 72.8 Å². The molecule has 0 spiro atoms. The third-order valence-electron chi connectivity index (χ3n) is 4.93. The molecule has 0 unspecified atom stereocenters. The highest BCUT2D eigenvalue weighted by atomic mass is 32.1. The highest BCUT2D eigenvalue weighted by Crippen LogP contribution is 2.19. The van der Waals surface area contributed by atoms with Crippen LogP contribution in [0.5, 0.6) is 0 Å². The first-order valence-electron chi connectivity index (χ1n) is 11.1. The molecule has 0 saturated heterocycles. The molecule has 0 radical (unpaired) electrons. The van der Waals surface area contributed by atoms with Gasteiger partial charge in [-0.1, -0.05) is 74.5 Å². The van der Waals surface area contributed by atoms with E-state index >= 15 is 0 Å². The Labute approximate surface area is 203 Å². The molecule has 1 aromatic heterocycles. The quantitative estimate of drug-likeness (QED) is 0.395. The smallest absolute Gasteiger partial charge is 0.408 e. The van der Waals surface area contributed by atoms with Crippen molar-refractivity contribution < 1.29 is 19.1 Å². The maximum absolute atomic E-state index is 12.7.